The SMILES string of the molecule is CCNCc1cc(S(=O)(=O)NCc2ccncn2)cn1C. The van der Waals surface area contributed by atoms with Crippen molar-refractivity contribution in [2.24, 2.45) is 7.05 Å². The van der Waals surface area contributed by atoms with Crippen LogP contribution in [0.5, 0.6) is 0 Å². The molecule has 0 unspecified atom stereocenters. The molecule has 2 aromatic heterocycles. The van der Waals surface area contributed by atoms with E-state index in [1.165, 1.54) is 6.33 Å². The number of hydrogen-bond acceptors (Lipinski definition) is 5. The number of hydrogen-bond donors (Lipinski definition) is 2. The van der Waals surface area contributed by atoms with E-state index in [-0.39, 0.29) is 11.4 Å². The summed E-state index contributed by atoms with van der Waals surface area (Å²) in [7, 11) is -1.71. The number of aromatic nitrogens is 3. The van der Waals surface area contributed by atoms with Crippen molar-refractivity contribution in [2.75, 3.05) is 6.54 Å². The summed E-state index contributed by atoms with van der Waals surface area (Å²) < 4.78 is 28.9. The third-order valence-electron chi connectivity index (χ3n) is 3.04. The Morgan fingerprint density at radius 1 is 1.33 bits per heavy atom. The number of rotatable bonds is 7. The summed E-state index contributed by atoms with van der Waals surface area (Å²) in [6.45, 7) is 3.61. The Morgan fingerprint density at radius 2 is 2.14 bits per heavy atom. The molecule has 0 spiro atoms. The van der Waals surface area contributed by atoms with Crippen LogP contribution in [0.15, 0.2) is 35.7 Å². The van der Waals surface area contributed by atoms with Crippen LogP contribution in [0.2, 0.25) is 0 Å². The molecule has 114 valence electrons. The quantitative estimate of drug-likeness (QED) is 0.773. The highest BCUT2D eigenvalue weighted by atomic mass is 32.2. The molecule has 0 aromatic carbocycles. The van der Waals surface area contributed by atoms with Crippen LogP contribution in [0.3, 0.4) is 0 Å². The molecule has 7 nitrogen and oxygen atoms in total. The highest BCUT2D eigenvalue weighted by Crippen LogP contribution is 2.13. The Balaban J connectivity index is 2.09. The maximum Gasteiger partial charge on any atom is 0.242 e. The molecule has 2 N–H and O–H groups in total. The lowest BCUT2D eigenvalue weighted by Crippen LogP contribution is -2.23. The van der Waals surface area contributed by atoms with Crippen LogP contribution in [-0.4, -0.2) is 29.5 Å². The Hall–Kier alpha value is -1.77. The standard InChI is InChI=1S/C13H19N5O2S/c1-3-14-8-12-6-13(9-18(12)2)21(19,20)17-7-11-4-5-15-10-16-11/h4-6,9-10,14,17H,3,7-8H2,1-2H3. The topological polar surface area (TPSA) is 88.9 Å². The average molecular weight is 309 g/mol. The lowest BCUT2D eigenvalue weighted by molar-refractivity contribution is 0.580. The van der Waals surface area contributed by atoms with Crippen molar-refractivity contribution in [1.82, 2.24) is 24.6 Å². The van der Waals surface area contributed by atoms with Gasteiger partial charge in [0.05, 0.1) is 17.1 Å². The second kappa shape index (κ2) is 6.79. The largest absolute Gasteiger partial charge is 0.352 e. The van der Waals surface area contributed by atoms with Gasteiger partial charge >= 0.3 is 0 Å². The van der Waals surface area contributed by atoms with Crippen molar-refractivity contribution >= 4 is 10.0 Å². The lowest BCUT2D eigenvalue weighted by Gasteiger charge is -2.03. The van der Waals surface area contributed by atoms with Crippen LogP contribution < -0.4 is 10.0 Å². The van der Waals surface area contributed by atoms with Crippen molar-refractivity contribution in [3.8, 4) is 0 Å². The normalized spacial score (nSPS) is 11.7. The second-order valence-electron chi connectivity index (χ2n) is 4.58. The summed E-state index contributed by atoms with van der Waals surface area (Å²) in [5, 5.41) is 3.17. The third kappa shape index (κ3) is 4.10. The van der Waals surface area contributed by atoms with Crippen LogP contribution in [0.4, 0.5) is 0 Å². The van der Waals surface area contributed by atoms with Crippen LogP contribution in [0.1, 0.15) is 18.3 Å². The van der Waals surface area contributed by atoms with Crippen LogP contribution in [0.25, 0.3) is 0 Å². The van der Waals surface area contributed by atoms with Gasteiger partial charge in [-0.25, -0.2) is 23.1 Å². The molecule has 2 heterocycles. The average Bonchev–Trinajstić information content (AvgIpc) is 2.86. The van der Waals surface area contributed by atoms with E-state index in [9.17, 15) is 8.42 Å². The highest BCUT2D eigenvalue weighted by Gasteiger charge is 2.17. The Kier molecular flexibility index (Phi) is 5.05. The molecule has 2 aromatic rings. The van der Waals surface area contributed by atoms with Gasteiger partial charge in [-0.3, -0.25) is 0 Å². The molecule has 0 bridgehead atoms. The molecule has 0 atom stereocenters. The molecular formula is C13H19N5O2S. The van der Waals surface area contributed by atoms with Gasteiger partial charge in [0.2, 0.25) is 10.0 Å². The summed E-state index contributed by atoms with van der Waals surface area (Å²) in [6, 6.07) is 3.34. The summed E-state index contributed by atoms with van der Waals surface area (Å²) in [5.41, 5.74) is 1.54. The van der Waals surface area contributed by atoms with Crippen LogP contribution in [-0.2, 0) is 30.2 Å². The van der Waals surface area contributed by atoms with Crippen molar-refractivity contribution in [3.05, 3.63) is 42.2 Å². The zero-order chi connectivity index (χ0) is 15.3. The van der Waals surface area contributed by atoms with E-state index < -0.39 is 10.0 Å². The first-order valence-corrected chi connectivity index (χ1v) is 8.11. The molecule has 0 fully saturated rings. The van der Waals surface area contributed by atoms with Crippen LogP contribution in [0, 0.1) is 0 Å². The Labute approximate surface area is 124 Å². The molecule has 8 heteroatoms. The number of aryl methyl sites for hydroxylation is 1. The molecule has 21 heavy (non-hydrogen) atoms. The van der Waals surface area contributed by atoms with Gasteiger partial charge in [0.1, 0.15) is 6.33 Å². The minimum absolute atomic E-state index is 0.141. The minimum atomic E-state index is -3.54. The van der Waals surface area contributed by atoms with Gasteiger partial charge in [-0.2, -0.15) is 0 Å². The fourth-order valence-electron chi connectivity index (χ4n) is 1.83. The first-order chi connectivity index (χ1) is 10.0. The van der Waals surface area contributed by atoms with Crippen molar-refractivity contribution in [1.29, 1.82) is 0 Å². The van der Waals surface area contributed by atoms with Crippen molar-refractivity contribution in [3.63, 3.8) is 0 Å². The summed E-state index contributed by atoms with van der Waals surface area (Å²) in [6.07, 6.45) is 4.57. The maximum atomic E-state index is 12.3. The number of nitrogens with one attached hydrogen (secondary N) is 2. The van der Waals surface area contributed by atoms with E-state index in [0.717, 1.165) is 12.2 Å². The van der Waals surface area contributed by atoms with Gasteiger partial charge in [-0.1, -0.05) is 6.92 Å². The van der Waals surface area contributed by atoms with Gasteiger partial charge < -0.3 is 9.88 Å². The molecule has 0 aliphatic carbocycles. The van der Waals surface area contributed by atoms with E-state index >= 15 is 0 Å². The summed E-state index contributed by atoms with van der Waals surface area (Å²) in [5.74, 6) is 0. The molecule has 0 saturated heterocycles. The lowest BCUT2D eigenvalue weighted by atomic mass is 10.4. The van der Waals surface area contributed by atoms with Crippen molar-refractivity contribution < 1.29 is 8.42 Å². The minimum Gasteiger partial charge on any atom is -0.352 e. The number of sulfonamides is 1. The molecule has 0 amide bonds. The predicted octanol–water partition coefficient (Wildman–Crippen LogP) is 0.403. The first-order valence-electron chi connectivity index (χ1n) is 6.63. The predicted molar refractivity (Wildman–Crippen MR) is 78.9 cm³/mol. The molecule has 0 saturated carbocycles. The smallest absolute Gasteiger partial charge is 0.242 e. The maximum absolute atomic E-state index is 12.3. The molecule has 0 radical (unpaired) electrons. The van der Waals surface area contributed by atoms with E-state index in [1.54, 1.807) is 24.5 Å². The number of nitrogens with zero attached hydrogens (tertiary/aromatic N) is 3. The molecular weight excluding hydrogens is 290 g/mol. The van der Waals surface area contributed by atoms with E-state index in [4.69, 9.17) is 0 Å². The van der Waals surface area contributed by atoms with E-state index in [1.807, 2.05) is 18.5 Å². The van der Waals surface area contributed by atoms with Gasteiger partial charge in [0.25, 0.3) is 0 Å². The van der Waals surface area contributed by atoms with Gasteiger partial charge in [-0.15, -0.1) is 0 Å². The first kappa shape index (κ1) is 15.6. The molecule has 0 aliphatic rings. The van der Waals surface area contributed by atoms with E-state index in [2.05, 4.69) is 20.0 Å². The fourth-order valence-corrected chi connectivity index (χ4v) is 2.92. The summed E-state index contributed by atoms with van der Waals surface area (Å²) >= 11 is 0. The molecule has 2 rings (SSSR count). The second-order valence-corrected chi connectivity index (χ2v) is 6.35. The summed E-state index contributed by atoms with van der Waals surface area (Å²) in [4.78, 5) is 8.03. The highest BCUT2D eigenvalue weighted by molar-refractivity contribution is 7.89. The fraction of sp³-hybridized carbons (Fsp3) is 0.385. The Morgan fingerprint density at radius 3 is 2.81 bits per heavy atom. The van der Waals surface area contributed by atoms with Gasteiger partial charge in [-0.05, 0) is 18.7 Å². The van der Waals surface area contributed by atoms with Gasteiger partial charge in [0.15, 0.2) is 0 Å². The zero-order valence-corrected chi connectivity index (χ0v) is 12.9. The Bertz CT molecular complexity index is 682. The zero-order valence-electron chi connectivity index (χ0n) is 12.1. The van der Waals surface area contributed by atoms with Crippen LogP contribution >= 0.6 is 0 Å². The molecule has 0 aliphatic heterocycles. The van der Waals surface area contributed by atoms with Crippen molar-refractivity contribution in [2.45, 2.75) is 24.9 Å². The third-order valence-corrected chi connectivity index (χ3v) is 4.40. The van der Waals surface area contributed by atoms with Gasteiger partial charge in [0, 0.05) is 31.7 Å². The monoisotopic (exact) mass is 309 g/mol. The van der Waals surface area contributed by atoms with E-state index in [0.29, 0.717) is 12.2 Å².